The van der Waals surface area contributed by atoms with Gasteiger partial charge in [0, 0.05) is 24.8 Å². The van der Waals surface area contributed by atoms with Gasteiger partial charge in [-0.15, -0.1) is 0 Å². The number of benzene rings is 1. The first kappa shape index (κ1) is 15.4. The zero-order valence-corrected chi connectivity index (χ0v) is 12.6. The van der Waals surface area contributed by atoms with E-state index in [1.165, 1.54) is 12.1 Å². The number of hydrogen-bond acceptors (Lipinski definition) is 4. The van der Waals surface area contributed by atoms with Gasteiger partial charge in [0.05, 0.1) is 5.69 Å². The Morgan fingerprint density at radius 2 is 1.95 bits per heavy atom. The summed E-state index contributed by atoms with van der Waals surface area (Å²) in [5.74, 6) is 1.05. The number of anilines is 1. The predicted molar refractivity (Wildman–Crippen MR) is 81.7 cm³/mol. The van der Waals surface area contributed by atoms with Crippen LogP contribution in [0.1, 0.15) is 25.2 Å². The topological polar surface area (TPSA) is 47.0 Å². The first-order valence-corrected chi connectivity index (χ1v) is 7.09. The fourth-order valence-corrected chi connectivity index (χ4v) is 2.06. The lowest BCUT2D eigenvalue weighted by Crippen LogP contribution is -2.06. The molecule has 0 unspecified atom stereocenters. The van der Waals surface area contributed by atoms with Crippen molar-refractivity contribution in [1.29, 1.82) is 0 Å². The smallest absolute Gasteiger partial charge is 0.157 e. The molecular weight excluding hydrogens is 269 g/mol. The third kappa shape index (κ3) is 4.23. The zero-order chi connectivity index (χ0) is 15.2. The van der Waals surface area contributed by atoms with Gasteiger partial charge >= 0.3 is 0 Å². The standard InChI is InChI=1S/C16H20FN3O/c1-4-18-15-9-14(19-16(20-15)10-21-5-2)12-6-11(3)7-13(17)8-12/h6-9H,4-5,10H2,1-3H3,(H,18,19,20). The molecule has 0 atom stereocenters. The van der Waals surface area contributed by atoms with Crippen LogP contribution in [-0.4, -0.2) is 23.1 Å². The first-order valence-electron chi connectivity index (χ1n) is 7.09. The van der Waals surface area contributed by atoms with E-state index in [4.69, 9.17) is 4.74 Å². The summed E-state index contributed by atoms with van der Waals surface area (Å²) in [5.41, 5.74) is 2.30. The molecular formula is C16H20FN3O. The number of halogens is 1. The Balaban J connectivity index is 2.42. The van der Waals surface area contributed by atoms with E-state index < -0.39 is 0 Å². The Morgan fingerprint density at radius 3 is 2.62 bits per heavy atom. The van der Waals surface area contributed by atoms with Crippen molar-refractivity contribution in [2.75, 3.05) is 18.5 Å². The minimum absolute atomic E-state index is 0.264. The molecule has 0 aliphatic rings. The van der Waals surface area contributed by atoms with E-state index in [1.807, 2.05) is 32.9 Å². The van der Waals surface area contributed by atoms with Crippen LogP contribution in [0.25, 0.3) is 11.3 Å². The second kappa shape index (κ2) is 7.13. The van der Waals surface area contributed by atoms with Crippen LogP contribution < -0.4 is 5.32 Å². The van der Waals surface area contributed by atoms with E-state index in [-0.39, 0.29) is 5.82 Å². The normalized spacial score (nSPS) is 10.7. The summed E-state index contributed by atoms with van der Waals surface area (Å²) in [6.07, 6.45) is 0. The van der Waals surface area contributed by atoms with Crippen LogP contribution in [0, 0.1) is 12.7 Å². The molecule has 0 aliphatic carbocycles. The largest absolute Gasteiger partial charge is 0.374 e. The van der Waals surface area contributed by atoms with Gasteiger partial charge in [-0.1, -0.05) is 0 Å². The van der Waals surface area contributed by atoms with Crippen LogP contribution in [0.5, 0.6) is 0 Å². The maximum atomic E-state index is 13.6. The molecule has 5 heteroatoms. The molecule has 1 N–H and O–H groups in total. The molecule has 0 saturated carbocycles. The Bertz CT molecular complexity index is 596. The number of rotatable bonds is 6. The van der Waals surface area contributed by atoms with E-state index in [9.17, 15) is 4.39 Å². The lowest BCUT2D eigenvalue weighted by molar-refractivity contribution is 0.128. The highest BCUT2D eigenvalue weighted by Crippen LogP contribution is 2.22. The van der Waals surface area contributed by atoms with Crippen LogP contribution in [0.3, 0.4) is 0 Å². The summed E-state index contributed by atoms with van der Waals surface area (Å²) in [7, 11) is 0. The van der Waals surface area contributed by atoms with Gasteiger partial charge in [0.15, 0.2) is 5.82 Å². The van der Waals surface area contributed by atoms with E-state index >= 15 is 0 Å². The number of nitrogens with one attached hydrogen (secondary N) is 1. The summed E-state index contributed by atoms with van der Waals surface area (Å²) < 4.78 is 18.9. The van der Waals surface area contributed by atoms with Gasteiger partial charge in [0.1, 0.15) is 18.2 Å². The predicted octanol–water partition coefficient (Wildman–Crippen LogP) is 3.56. The molecule has 112 valence electrons. The second-order valence-electron chi connectivity index (χ2n) is 4.74. The molecule has 4 nitrogen and oxygen atoms in total. The lowest BCUT2D eigenvalue weighted by atomic mass is 10.1. The summed E-state index contributed by atoms with van der Waals surface area (Å²) in [5, 5.41) is 3.16. The van der Waals surface area contributed by atoms with Crippen LogP contribution >= 0.6 is 0 Å². The number of hydrogen-bond donors (Lipinski definition) is 1. The molecule has 1 aromatic heterocycles. The highest BCUT2D eigenvalue weighted by Gasteiger charge is 2.08. The average molecular weight is 289 g/mol. The number of nitrogens with zero attached hydrogens (tertiary/aromatic N) is 2. The van der Waals surface area contributed by atoms with E-state index in [2.05, 4.69) is 15.3 Å². The van der Waals surface area contributed by atoms with Crippen LogP contribution in [0.2, 0.25) is 0 Å². The van der Waals surface area contributed by atoms with Crippen molar-refractivity contribution < 1.29 is 9.13 Å². The fourth-order valence-electron chi connectivity index (χ4n) is 2.06. The molecule has 0 amide bonds. The average Bonchev–Trinajstić information content (AvgIpc) is 2.44. The van der Waals surface area contributed by atoms with E-state index in [0.717, 1.165) is 23.5 Å². The van der Waals surface area contributed by atoms with Gasteiger partial charge in [-0.05, 0) is 44.5 Å². The Kier molecular flexibility index (Phi) is 5.22. The quantitative estimate of drug-likeness (QED) is 0.883. The van der Waals surface area contributed by atoms with Crippen molar-refractivity contribution in [3.8, 4) is 11.3 Å². The van der Waals surface area contributed by atoms with E-state index in [0.29, 0.717) is 24.7 Å². The second-order valence-corrected chi connectivity index (χ2v) is 4.74. The SMILES string of the molecule is CCNc1cc(-c2cc(C)cc(F)c2)nc(COCC)n1. The Labute approximate surface area is 124 Å². The molecule has 0 bridgehead atoms. The summed E-state index contributed by atoms with van der Waals surface area (Å²) in [6.45, 7) is 7.48. The molecule has 2 rings (SSSR count). The Hall–Kier alpha value is -2.01. The molecule has 1 heterocycles. The molecule has 0 radical (unpaired) electrons. The molecule has 0 aliphatic heterocycles. The van der Waals surface area contributed by atoms with Crippen molar-refractivity contribution in [2.24, 2.45) is 0 Å². The van der Waals surface area contributed by atoms with Crippen LogP contribution in [0.4, 0.5) is 10.2 Å². The van der Waals surface area contributed by atoms with Crippen LogP contribution in [0.15, 0.2) is 24.3 Å². The third-order valence-corrected chi connectivity index (χ3v) is 2.90. The van der Waals surface area contributed by atoms with Crippen molar-refractivity contribution in [2.45, 2.75) is 27.4 Å². The van der Waals surface area contributed by atoms with E-state index in [1.54, 1.807) is 0 Å². The maximum absolute atomic E-state index is 13.6. The summed E-state index contributed by atoms with van der Waals surface area (Å²) >= 11 is 0. The molecule has 2 aromatic rings. The Morgan fingerprint density at radius 1 is 1.14 bits per heavy atom. The first-order chi connectivity index (χ1) is 10.1. The summed E-state index contributed by atoms with van der Waals surface area (Å²) in [6, 6.07) is 6.71. The van der Waals surface area contributed by atoms with Crippen LogP contribution in [-0.2, 0) is 11.3 Å². The van der Waals surface area contributed by atoms with Gasteiger partial charge in [0.25, 0.3) is 0 Å². The van der Waals surface area contributed by atoms with Crippen molar-refractivity contribution in [3.05, 3.63) is 41.5 Å². The van der Waals surface area contributed by atoms with Gasteiger partial charge in [-0.3, -0.25) is 0 Å². The third-order valence-electron chi connectivity index (χ3n) is 2.90. The zero-order valence-electron chi connectivity index (χ0n) is 12.6. The lowest BCUT2D eigenvalue weighted by Gasteiger charge is -2.10. The molecule has 0 fully saturated rings. The van der Waals surface area contributed by atoms with Gasteiger partial charge in [-0.25, -0.2) is 14.4 Å². The molecule has 21 heavy (non-hydrogen) atoms. The minimum atomic E-state index is -0.264. The van der Waals surface area contributed by atoms with Crippen molar-refractivity contribution in [3.63, 3.8) is 0 Å². The van der Waals surface area contributed by atoms with Gasteiger partial charge in [-0.2, -0.15) is 0 Å². The maximum Gasteiger partial charge on any atom is 0.157 e. The number of ether oxygens (including phenoxy) is 1. The fraction of sp³-hybridized carbons (Fsp3) is 0.375. The monoisotopic (exact) mass is 289 g/mol. The number of aromatic nitrogens is 2. The molecule has 0 spiro atoms. The summed E-state index contributed by atoms with van der Waals surface area (Å²) in [4.78, 5) is 8.85. The van der Waals surface area contributed by atoms with Gasteiger partial charge < -0.3 is 10.1 Å². The highest BCUT2D eigenvalue weighted by atomic mass is 19.1. The van der Waals surface area contributed by atoms with Crippen molar-refractivity contribution in [1.82, 2.24) is 9.97 Å². The molecule has 0 saturated heterocycles. The van der Waals surface area contributed by atoms with Crippen molar-refractivity contribution >= 4 is 5.82 Å². The van der Waals surface area contributed by atoms with Gasteiger partial charge in [0.2, 0.25) is 0 Å². The molecule has 1 aromatic carbocycles. The minimum Gasteiger partial charge on any atom is -0.374 e. The number of aryl methyl sites for hydroxylation is 1. The highest BCUT2D eigenvalue weighted by molar-refractivity contribution is 5.63.